The molecule has 0 aromatic heterocycles. The smallest absolute Gasteiger partial charge is 0.243 e. The summed E-state index contributed by atoms with van der Waals surface area (Å²) < 4.78 is 0. The molecule has 2 atom stereocenters. The van der Waals surface area contributed by atoms with Gasteiger partial charge in [0.2, 0.25) is 5.91 Å². The van der Waals surface area contributed by atoms with E-state index in [0.29, 0.717) is 0 Å². The summed E-state index contributed by atoms with van der Waals surface area (Å²) in [6, 6.07) is 0. The molecule has 0 radical (unpaired) electrons. The molecule has 1 fully saturated rings. The molecule has 0 aromatic carbocycles. The van der Waals surface area contributed by atoms with E-state index >= 15 is 0 Å². The second-order valence-corrected chi connectivity index (χ2v) is 6.60. The molecule has 0 spiro atoms. The van der Waals surface area contributed by atoms with Crippen LogP contribution in [0.4, 0.5) is 0 Å². The number of carbonyl (C=O) groups is 1. The van der Waals surface area contributed by atoms with Crippen molar-refractivity contribution < 1.29 is 4.79 Å². The van der Waals surface area contributed by atoms with Gasteiger partial charge in [-0.05, 0) is 32.6 Å². The maximum absolute atomic E-state index is 12.3. The van der Waals surface area contributed by atoms with Crippen LogP contribution >= 0.6 is 0 Å². The van der Waals surface area contributed by atoms with Crippen LogP contribution in [0.5, 0.6) is 0 Å². The van der Waals surface area contributed by atoms with E-state index in [9.17, 15) is 4.79 Å². The molecule has 1 rings (SSSR count). The first-order valence-electron chi connectivity index (χ1n) is 7.99. The van der Waals surface area contributed by atoms with Crippen LogP contribution in [0.3, 0.4) is 0 Å². The van der Waals surface area contributed by atoms with Crippen molar-refractivity contribution in [1.29, 1.82) is 0 Å². The first-order valence-corrected chi connectivity index (χ1v) is 7.99. The summed E-state index contributed by atoms with van der Waals surface area (Å²) in [5, 5.41) is 3.42. The van der Waals surface area contributed by atoms with Crippen LogP contribution < -0.4 is 5.32 Å². The van der Waals surface area contributed by atoms with Crippen LogP contribution in [0.15, 0.2) is 0 Å². The lowest BCUT2D eigenvalue weighted by Gasteiger charge is -2.21. The van der Waals surface area contributed by atoms with Crippen molar-refractivity contribution in [3.63, 3.8) is 0 Å². The van der Waals surface area contributed by atoms with Gasteiger partial charge in [0.25, 0.3) is 0 Å². The molecule has 0 saturated carbocycles. The first kappa shape index (κ1) is 16.5. The van der Waals surface area contributed by atoms with Crippen molar-refractivity contribution in [3.8, 4) is 0 Å². The zero-order valence-corrected chi connectivity index (χ0v) is 13.5. The van der Waals surface area contributed by atoms with E-state index < -0.39 is 0 Å². The minimum atomic E-state index is -0.336. The average Bonchev–Trinajstić information content (AvgIpc) is 2.56. The summed E-state index contributed by atoms with van der Waals surface area (Å²) >= 11 is 0. The molecule has 1 aliphatic rings. The molecule has 2 unspecified atom stereocenters. The second kappa shape index (κ2) is 7.28. The van der Waals surface area contributed by atoms with Crippen molar-refractivity contribution in [3.05, 3.63) is 0 Å². The van der Waals surface area contributed by atoms with Gasteiger partial charge in [0.1, 0.15) is 0 Å². The Labute approximate surface area is 119 Å². The normalized spacial score (nSPS) is 27.6. The molecule has 3 nitrogen and oxygen atoms in total. The lowest BCUT2D eigenvalue weighted by Crippen LogP contribution is -2.43. The van der Waals surface area contributed by atoms with Gasteiger partial charge in [-0.2, -0.15) is 0 Å². The van der Waals surface area contributed by atoms with E-state index in [4.69, 9.17) is 0 Å². The first-order chi connectivity index (χ1) is 8.90. The molecule has 0 aliphatic carbocycles. The number of hydrogen-bond acceptors (Lipinski definition) is 2. The van der Waals surface area contributed by atoms with Crippen LogP contribution in [0.2, 0.25) is 0 Å². The molecule has 0 bridgehead atoms. The highest BCUT2D eigenvalue weighted by Crippen LogP contribution is 2.23. The molecule has 3 heteroatoms. The number of nitrogens with one attached hydrogen (secondary N) is 1. The molecular formula is C16H32N2O. The van der Waals surface area contributed by atoms with Crippen LogP contribution in [0, 0.1) is 5.92 Å². The molecule has 0 aromatic rings. The van der Waals surface area contributed by atoms with Gasteiger partial charge in [-0.3, -0.25) is 10.1 Å². The Balaban J connectivity index is 2.24. The Morgan fingerprint density at radius 3 is 2.42 bits per heavy atom. The van der Waals surface area contributed by atoms with E-state index in [0.717, 1.165) is 25.3 Å². The lowest BCUT2D eigenvalue weighted by atomic mass is 9.99. The Morgan fingerprint density at radius 2 is 1.89 bits per heavy atom. The number of nitrogens with zero attached hydrogens (tertiary/aromatic N) is 1. The van der Waals surface area contributed by atoms with Gasteiger partial charge >= 0.3 is 0 Å². The fraction of sp³-hybridized carbons (Fsp3) is 0.938. The van der Waals surface area contributed by atoms with Crippen LogP contribution in [-0.2, 0) is 4.79 Å². The summed E-state index contributed by atoms with van der Waals surface area (Å²) in [5.74, 6) is 1.10. The fourth-order valence-corrected chi connectivity index (χ4v) is 2.83. The number of unbranched alkanes of at least 4 members (excludes halogenated alkanes) is 3. The summed E-state index contributed by atoms with van der Waals surface area (Å²) in [6.45, 7) is 11.7. The maximum Gasteiger partial charge on any atom is 0.243 e. The average molecular weight is 268 g/mol. The van der Waals surface area contributed by atoms with Crippen molar-refractivity contribution >= 4 is 5.91 Å². The van der Waals surface area contributed by atoms with E-state index in [1.165, 1.54) is 25.7 Å². The van der Waals surface area contributed by atoms with Crippen molar-refractivity contribution in [2.45, 2.75) is 84.8 Å². The molecular weight excluding hydrogens is 236 g/mol. The van der Waals surface area contributed by atoms with Gasteiger partial charge in [0.15, 0.2) is 0 Å². The van der Waals surface area contributed by atoms with E-state index in [1.54, 1.807) is 0 Å². The quantitative estimate of drug-likeness (QED) is 0.683. The summed E-state index contributed by atoms with van der Waals surface area (Å²) in [7, 11) is 0. The Morgan fingerprint density at radius 1 is 1.26 bits per heavy atom. The summed E-state index contributed by atoms with van der Waals surface area (Å²) in [6.07, 6.45) is 7.38. The minimum absolute atomic E-state index is 0.188. The Kier molecular flexibility index (Phi) is 6.31. The van der Waals surface area contributed by atoms with E-state index in [1.807, 2.05) is 11.8 Å². The third kappa shape index (κ3) is 4.48. The number of rotatable bonds is 8. The summed E-state index contributed by atoms with van der Waals surface area (Å²) in [5.41, 5.74) is -0.336. The highest BCUT2D eigenvalue weighted by molar-refractivity contribution is 5.88. The third-order valence-electron chi connectivity index (χ3n) is 4.37. The number of hydrogen-bond donors (Lipinski definition) is 1. The maximum atomic E-state index is 12.3. The van der Waals surface area contributed by atoms with E-state index in [-0.39, 0.29) is 17.6 Å². The minimum Gasteiger partial charge on any atom is -0.326 e. The van der Waals surface area contributed by atoms with Gasteiger partial charge in [-0.15, -0.1) is 0 Å². The molecule has 1 aliphatic heterocycles. The van der Waals surface area contributed by atoms with Gasteiger partial charge in [0, 0.05) is 6.54 Å². The van der Waals surface area contributed by atoms with Crippen molar-refractivity contribution in [2.75, 3.05) is 6.54 Å². The molecule has 112 valence electrons. The van der Waals surface area contributed by atoms with Crippen molar-refractivity contribution in [2.24, 2.45) is 5.92 Å². The third-order valence-corrected chi connectivity index (χ3v) is 4.37. The highest BCUT2D eigenvalue weighted by Gasteiger charge is 2.44. The molecule has 1 N–H and O–H groups in total. The largest absolute Gasteiger partial charge is 0.326 e. The Hall–Kier alpha value is -0.570. The van der Waals surface area contributed by atoms with Crippen LogP contribution in [-0.4, -0.2) is 29.1 Å². The fourth-order valence-electron chi connectivity index (χ4n) is 2.83. The number of carbonyl (C=O) groups excluding carboxylic acids is 1. The molecule has 1 amide bonds. The molecule has 1 saturated heterocycles. The SMILES string of the molecule is CCC1(C)NC(C)N(CCCCCCC(C)C)C1=O. The van der Waals surface area contributed by atoms with Gasteiger partial charge in [-0.25, -0.2) is 0 Å². The van der Waals surface area contributed by atoms with Gasteiger partial charge < -0.3 is 4.90 Å². The summed E-state index contributed by atoms with van der Waals surface area (Å²) in [4.78, 5) is 14.4. The van der Waals surface area contributed by atoms with Gasteiger partial charge in [0.05, 0.1) is 11.7 Å². The monoisotopic (exact) mass is 268 g/mol. The Bertz CT molecular complexity index is 290. The van der Waals surface area contributed by atoms with Crippen LogP contribution in [0.1, 0.15) is 73.1 Å². The topological polar surface area (TPSA) is 32.3 Å². The predicted octanol–water partition coefficient (Wildman–Crippen LogP) is 3.54. The van der Waals surface area contributed by atoms with E-state index in [2.05, 4.69) is 33.0 Å². The highest BCUT2D eigenvalue weighted by atomic mass is 16.2. The predicted molar refractivity (Wildman–Crippen MR) is 80.9 cm³/mol. The standard InChI is InChI=1S/C16H32N2O/c1-6-16(5)15(19)18(14(4)17-16)12-10-8-7-9-11-13(2)3/h13-14,17H,6-12H2,1-5H3. The zero-order valence-electron chi connectivity index (χ0n) is 13.5. The second-order valence-electron chi connectivity index (χ2n) is 6.60. The molecule has 1 heterocycles. The van der Waals surface area contributed by atoms with Crippen LogP contribution in [0.25, 0.3) is 0 Å². The lowest BCUT2D eigenvalue weighted by molar-refractivity contribution is -0.132. The molecule has 19 heavy (non-hydrogen) atoms. The van der Waals surface area contributed by atoms with Gasteiger partial charge in [-0.1, -0.05) is 46.5 Å². The number of amides is 1. The van der Waals surface area contributed by atoms with Crippen molar-refractivity contribution in [1.82, 2.24) is 10.2 Å². The zero-order chi connectivity index (χ0) is 14.5.